The Bertz CT molecular complexity index is 934. The van der Waals surface area contributed by atoms with Gasteiger partial charge < -0.3 is 9.64 Å². The van der Waals surface area contributed by atoms with Gasteiger partial charge in [0.2, 0.25) is 0 Å². The molecule has 0 spiro atoms. The Labute approximate surface area is 163 Å². The monoisotopic (exact) mass is 382 g/mol. The third-order valence-corrected chi connectivity index (χ3v) is 4.94. The SMILES string of the molecule is COC(=O)c1cc(C(=O)N2CCCC2c2cc(C)cc(C)c2)cc([N+](=O)[O-])c1. The van der Waals surface area contributed by atoms with Crippen LogP contribution in [-0.2, 0) is 4.74 Å². The molecule has 146 valence electrons. The fourth-order valence-electron chi connectivity index (χ4n) is 3.80. The molecular weight excluding hydrogens is 360 g/mol. The molecule has 7 heteroatoms. The van der Waals surface area contributed by atoms with E-state index in [1.54, 1.807) is 4.90 Å². The van der Waals surface area contributed by atoms with Gasteiger partial charge in [0, 0.05) is 24.2 Å². The second-order valence-electron chi connectivity index (χ2n) is 7.09. The van der Waals surface area contributed by atoms with Crippen LogP contribution in [0.1, 0.15) is 56.3 Å². The summed E-state index contributed by atoms with van der Waals surface area (Å²) in [6, 6.07) is 9.81. The number of benzene rings is 2. The molecule has 0 saturated carbocycles. The second-order valence-corrected chi connectivity index (χ2v) is 7.09. The molecule has 1 aliphatic heterocycles. The summed E-state index contributed by atoms with van der Waals surface area (Å²) in [5.74, 6) is -1.04. The normalized spacial score (nSPS) is 16.1. The molecule has 1 amide bonds. The number of hydrogen-bond donors (Lipinski definition) is 0. The first kappa shape index (κ1) is 19.5. The van der Waals surface area contributed by atoms with Crippen molar-refractivity contribution in [3.05, 3.63) is 74.3 Å². The molecule has 1 aliphatic rings. The van der Waals surface area contributed by atoms with E-state index >= 15 is 0 Å². The lowest BCUT2D eigenvalue weighted by Crippen LogP contribution is -2.31. The van der Waals surface area contributed by atoms with Crippen molar-refractivity contribution in [2.75, 3.05) is 13.7 Å². The Morgan fingerprint density at radius 2 is 1.71 bits per heavy atom. The number of carbonyl (C=O) groups is 2. The van der Waals surface area contributed by atoms with E-state index in [1.807, 2.05) is 13.8 Å². The Morgan fingerprint density at radius 3 is 2.32 bits per heavy atom. The number of likely N-dealkylation sites (tertiary alicyclic amines) is 1. The van der Waals surface area contributed by atoms with Gasteiger partial charge in [-0.3, -0.25) is 14.9 Å². The number of nitro benzene ring substituents is 1. The number of amides is 1. The van der Waals surface area contributed by atoms with Gasteiger partial charge in [0.15, 0.2) is 0 Å². The number of aryl methyl sites for hydroxylation is 2. The van der Waals surface area contributed by atoms with Crippen LogP contribution in [0.5, 0.6) is 0 Å². The topological polar surface area (TPSA) is 89.8 Å². The Hall–Kier alpha value is -3.22. The maximum absolute atomic E-state index is 13.2. The van der Waals surface area contributed by atoms with Gasteiger partial charge in [-0.25, -0.2) is 4.79 Å². The summed E-state index contributed by atoms with van der Waals surface area (Å²) in [6.07, 6.45) is 1.68. The molecule has 1 heterocycles. The molecule has 0 radical (unpaired) electrons. The molecule has 28 heavy (non-hydrogen) atoms. The largest absolute Gasteiger partial charge is 0.465 e. The summed E-state index contributed by atoms with van der Waals surface area (Å²) in [6.45, 7) is 4.59. The highest BCUT2D eigenvalue weighted by atomic mass is 16.6. The van der Waals surface area contributed by atoms with Crippen molar-refractivity contribution in [3.8, 4) is 0 Å². The van der Waals surface area contributed by atoms with Crippen LogP contribution in [0.15, 0.2) is 36.4 Å². The Morgan fingerprint density at radius 1 is 1.07 bits per heavy atom. The predicted molar refractivity (Wildman–Crippen MR) is 103 cm³/mol. The lowest BCUT2D eigenvalue weighted by Gasteiger charge is -2.26. The van der Waals surface area contributed by atoms with Gasteiger partial charge in [-0.05, 0) is 38.3 Å². The zero-order valence-corrected chi connectivity index (χ0v) is 16.1. The lowest BCUT2D eigenvalue weighted by molar-refractivity contribution is -0.384. The molecule has 0 N–H and O–H groups in total. The highest BCUT2D eigenvalue weighted by molar-refractivity contribution is 5.99. The number of nitro groups is 1. The van der Waals surface area contributed by atoms with E-state index < -0.39 is 10.9 Å². The number of hydrogen-bond acceptors (Lipinski definition) is 5. The molecule has 0 bridgehead atoms. The lowest BCUT2D eigenvalue weighted by atomic mass is 9.99. The Balaban J connectivity index is 1.99. The van der Waals surface area contributed by atoms with Gasteiger partial charge in [0.1, 0.15) is 0 Å². The fourth-order valence-corrected chi connectivity index (χ4v) is 3.80. The minimum atomic E-state index is -0.718. The van der Waals surface area contributed by atoms with Crippen LogP contribution < -0.4 is 0 Å². The standard InChI is InChI=1S/C21H22N2O5/c1-13-7-14(2)9-15(8-13)19-5-4-6-22(19)20(24)16-10-17(21(25)28-3)12-18(11-16)23(26)27/h7-12,19H,4-6H2,1-3H3. The maximum atomic E-state index is 13.2. The quantitative estimate of drug-likeness (QED) is 0.453. The van der Waals surface area contributed by atoms with Crippen molar-refractivity contribution >= 4 is 17.6 Å². The zero-order chi connectivity index (χ0) is 20.4. The molecule has 7 nitrogen and oxygen atoms in total. The number of ether oxygens (including phenoxy) is 1. The molecule has 0 aromatic heterocycles. The minimum absolute atomic E-state index is 0.0119. The molecule has 2 aromatic rings. The van der Waals surface area contributed by atoms with Gasteiger partial charge in [-0.15, -0.1) is 0 Å². The van der Waals surface area contributed by atoms with Crippen LogP contribution in [0.3, 0.4) is 0 Å². The molecule has 2 aromatic carbocycles. The summed E-state index contributed by atoms with van der Waals surface area (Å²) in [4.78, 5) is 37.4. The molecule has 3 rings (SSSR count). The van der Waals surface area contributed by atoms with Crippen molar-refractivity contribution in [2.24, 2.45) is 0 Å². The smallest absolute Gasteiger partial charge is 0.338 e. The van der Waals surface area contributed by atoms with Crippen molar-refractivity contribution in [1.82, 2.24) is 4.90 Å². The molecule has 1 fully saturated rings. The first-order valence-electron chi connectivity index (χ1n) is 9.07. The van der Waals surface area contributed by atoms with Crippen molar-refractivity contribution in [3.63, 3.8) is 0 Å². The minimum Gasteiger partial charge on any atom is -0.465 e. The summed E-state index contributed by atoms with van der Waals surface area (Å²) in [5, 5.41) is 11.2. The van der Waals surface area contributed by atoms with E-state index in [-0.39, 0.29) is 28.8 Å². The van der Waals surface area contributed by atoms with E-state index in [0.717, 1.165) is 35.6 Å². The average Bonchev–Trinajstić information content (AvgIpc) is 3.15. The van der Waals surface area contributed by atoms with E-state index in [2.05, 4.69) is 22.9 Å². The number of rotatable bonds is 4. The number of nitrogens with zero attached hydrogens (tertiary/aromatic N) is 2. The van der Waals surface area contributed by atoms with Crippen LogP contribution in [0.2, 0.25) is 0 Å². The zero-order valence-electron chi connectivity index (χ0n) is 16.1. The first-order chi connectivity index (χ1) is 13.3. The van der Waals surface area contributed by atoms with Crippen LogP contribution in [-0.4, -0.2) is 35.4 Å². The third kappa shape index (κ3) is 3.88. The molecule has 0 aliphatic carbocycles. The number of non-ortho nitro benzene ring substituents is 1. The second kappa shape index (κ2) is 7.80. The summed E-state index contributed by atoms with van der Waals surface area (Å²) in [5.41, 5.74) is 3.10. The summed E-state index contributed by atoms with van der Waals surface area (Å²) >= 11 is 0. The van der Waals surface area contributed by atoms with E-state index in [1.165, 1.54) is 19.2 Å². The molecule has 1 saturated heterocycles. The van der Waals surface area contributed by atoms with Crippen molar-refractivity contribution in [2.45, 2.75) is 32.7 Å². The predicted octanol–water partition coefficient (Wildman–Crippen LogP) is 3.98. The number of carbonyl (C=O) groups excluding carboxylic acids is 2. The summed E-state index contributed by atoms with van der Waals surface area (Å²) < 4.78 is 4.66. The summed E-state index contributed by atoms with van der Waals surface area (Å²) in [7, 11) is 1.19. The highest BCUT2D eigenvalue weighted by Gasteiger charge is 2.32. The van der Waals surface area contributed by atoms with E-state index in [0.29, 0.717) is 6.54 Å². The Kier molecular flexibility index (Phi) is 5.44. The van der Waals surface area contributed by atoms with Crippen LogP contribution >= 0.6 is 0 Å². The third-order valence-electron chi connectivity index (χ3n) is 4.94. The van der Waals surface area contributed by atoms with Crippen LogP contribution in [0, 0.1) is 24.0 Å². The van der Waals surface area contributed by atoms with Crippen LogP contribution in [0.25, 0.3) is 0 Å². The first-order valence-corrected chi connectivity index (χ1v) is 9.07. The highest BCUT2D eigenvalue weighted by Crippen LogP contribution is 2.34. The van der Waals surface area contributed by atoms with Gasteiger partial charge in [0.05, 0.1) is 23.6 Å². The molecule has 1 atom stereocenters. The van der Waals surface area contributed by atoms with Gasteiger partial charge in [-0.1, -0.05) is 29.3 Å². The van der Waals surface area contributed by atoms with E-state index in [9.17, 15) is 19.7 Å². The van der Waals surface area contributed by atoms with Crippen LogP contribution in [0.4, 0.5) is 5.69 Å². The van der Waals surface area contributed by atoms with Gasteiger partial charge in [0.25, 0.3) is 11.6 Å². The molecule has 1 unspecified atom stereocenters. The van der Waals surface area contributed by atoms with Crippen molar-refractivity contribution in [1.29, 1.82) is 0 Å². The maximum Gasteiger partial charge on any atom is 0.338 e. The fraction of sp³-hybridized carbons (Fsp3) is 0.333. The van der Waals surface area contributed by atoms with E-state index in [4.69, 9.17) is 0 Å². The average molecular weight is 382 g/mol. The molecular formula is C21H22N2O5. The number of esters is 1. The van der Waals surface area contributed by atoms with Gasteiger partial charge >= 0.3 is 5.97 Å². The number of methoxy groups -OCH3 is 1. The van der Waals surface area contributed by atoms with Gasteiger partial charge in [-0.2, -0.15) is 0 Å². The van der Waals surface area contributed by atoms with Crippen molar-refractivity contribution < 1.29 is 19.2 Å².